The van der Waals surface area contributed by atoms with Gasteiger partial charge in [-0.15, -0.1) is 0 Å². The van der Waals surface area contributed by atoms with Crippen LogP contribution in [0.3, 0.4) is 0 Å². The molecule has 1 aliphatic rings. The van der Waals surface area contributed by atoms with Gasteiger partial charge in [-0.2, -0.15) is 11.8 Å². The minimum atomic E-state index is 0.549. The van der Waals surface area contributed by atoms with Gasteiger partial charge in [0.2, 0.25) is 0 Å². The second-order valence-corrected chi connectivity index (χ2v) is 5.36. The van der Waals surface area contributed by atoms with Crippen LogP contribution in [0.25, 0.3) is 0 Å². The van der Waals surface area contributed by atoms with Crippen molar-refractivity contribution in [3.8, 4) is 0 Å². The van der Waals surface area contributed by atoms with Crippen LogP contribution in [-0.4, -0.2) is 22.0 Å². The van der Waals surface area contributed by atoms with Crippen LogP contribution in [0.15, 0.2) is 18.3 Å². The van der Waals surface area contributed by atoms with E-state index in [9.17, 15) is 0 Å². The summed E-state index contributed by atoms with van der Waals surface area (Å²) in [4.78, 5) is 3.95. The molecule has 1 aromatic rings. The van der Waals surface area contributed by atoms with E-state index in [1.54, 1.807) is 6.20 Å². The Morgan fingerprint density at radius 2 is 2.50 bits per heavy atom. The lowest BCUT2D eigenvalue weighted by molar-refractivity contribution is 0.724. The average molecular weight is 229 g/mol. The zero-order chi connectivity index (χ0) is 9.97. The highest BCUT2D eigenvalue weighted by Crippen LogP contribution is 2.28. The molecular weight excluding hydrogens is 216 g/mol. The Bertz CT molecular complexity index is 319. The van der Waals surface area contributed by atoms with Gasteiger partial charge >= 0.3 is 0 Å². The standard InChI is InChI=1S/C10H13ClN2S/c1-7-9(3-5-14-7)13-8-2-4-12-10(11)6-8/h2,4,6-7,9H,3,5H2,1H3,(H,12,13). The molecule has 76 valence electrons. The lowest BCUT2D eigenvalue weighted by atomic mass is 10.1. The normalized spacial score (nSPS) is 26.4. The van der Waals surface area contributed by atoms with E-state index in [1.807, 2.05) is 23.9 Å². The minimum Gasteiger partial charge on any atom is -0.381 e. The third-order valence-electron chi connectivity index (χ3n) is 2.45. The third-order valence-corrected chi connectivity index (χ3v) is 3.99. The molecule has 4 heteroatoms. The molecule has 2 nitrogen and oxygen atoms in total. The van der Waals surface area contributed by atoms with Crippen LogP contribution in [0.5, 0.6) is 0 Å². The smallest absolute Gasteiger partial charge is 0.131 e. The topological polar surface area (TPSA) is 24.9 Å². The fourth-order valence-electron chi connectivity index (χ4n) is 1.63. The van der Waals surface area contributed by atoms with Crippen molar-refractivity contribution in [2.75, 3.05) is 11.1 Å². The number of anilines is 1. The molecule has 2 rings (SSSR count). The minimum absolute atomic E-state index is 0.549. The first-order chi connectivity index (χ1) is 6.75. The molecule has 2 unspecified atom stereocenters. The Morgan fingerprint density at radius 3 is 3.14 bits per heavy atom. The molecule has 0 aromatic carbocycles. The van der Waals surface area contributed by atoms with Crippen molar-refractivity contribution in [3.63, 3.8) is 0 Å². The van der Waals surface area contributed by atoms with Crippen molar-refractivity contribution in [1.29, 1.82) is 0 Å². The summed E-state index contributed by atoms with van der Waals surface area (Å²) in [6.45, 7) is 2.26. The van der Waals surface area contributed by atoms with Crippen LogP contribution in [-0.2, 0) is 0 Å². The number of aromatic nitrogens is 1. The number of thioether (sulfide) groups is 1. The summed E-state index contributed by atoms with van der Waals surface area (Å²) in [6.07, 6.45) is 2.96. The van der Waals surface area contributed by atoms with E-state index < -0.39 is 0 Å². The van der Waals surface area contributed by atoms with Gasteiger partial charge in [-0.25, -0.2) is 4.98 Å². The zero-order valence-electron chi connectivity index (χ0n) is 8.03. The Labute approximate surface area is 93.4 Å². The molecule has 0 spiro atoms. The summed E-state index contributed by atoms with van der Waals surface area (Å²) >= 11 is 7.83. The van der Waals surface area contributed by atoms with Crippen LogP contribution >= 0.6 is 23.4 Å². The number of pyridine rings is 1. The molecule has 2 heterocycles. The molecule has 0 bridgehead atoms. The van der Waals surface area contributed by atoms with Crippen molar-refractivity contribution in [3.05, 3.63) is 23.5 Å². The molecule has 14 heavy (non-hydrogen) atoms. The van der Waals surface area contributed by atoms with E-state index in [2.05, 4.69) is 17.2 Å². The molecule has 0 aliphatic carbocycles. The number of halogens is 1. The monoisotopic (exact) mass is 228 g/mol. The maximum Gasteiger partial charge on any atom is 0.131 e. The maximum atomic E-state index is 5.81. The van der Waals surface area contributed by atoms with Crippen molar-refractivity contribution in [2.45, 2.75) is 24.6 Å². The van der Waals surface area contributed by atoms with E-state index in [-0.39, 0.29) is 0 Å². The lowest BCUT2D eigenvalue weighted by Gasteiger charge is -2.17. The van der Waals surface area contributed by atoms with Crippen molar-refractivity contribution in [1.82, 2.24) is 4.98 Å². The second-order valence-electron chi connectivity index (χ2n) is 3.48. The van der Waals surface area contributed by atoms with Crippen molar-refractivity contribution >= 4 is 29.1 Å². The maximum absolute atomic E-state index is 5.81. The molecule has 0 saturated carbocycles. The summed E-state index contributed by atoms with van der Waals surface area (Å²) in [5.74, 6) is 1.25. The predicted molar refractivity (Wildman–Crippen MR) is 63.2 cm³/mol. The zero-order valence-corrected chi connectivity index (χ0v) is 9.61. The quantitative estimate of drug-likeness (QED) is 0.788. The van der Waals surface area contributed by atoms with E-state index in [0.29, 0.717) is 16.4 Å². The van der Waals surface area contributed by atoms with Gasteiger partial charge < -0.3 is 5.32 Å². The van der Waals surface area contributed by atoms with E-state index >= 15 is 0 Å². The first kappa shape index (κ1) is 10.1. The van der Waals surface area contributed by atoms with Crippen LogP contribution in [0.1, 0.15) is 13.3 Å². The van der Waals surface area contributed by atoms with E-state index in [1.165, 1.54) is 12.2 Å². The van der Waals surface area contributed by atoms with E-state index in [0.717, 1.165) is 5.69 Å². The van der Waals surface area contributed by atoms with Crippen LogP contribution in [0.2, 0.25) is 5.15 Å². The van der Waals surface area contributed by atoms with Gasteiger partial charge in [-0.05, 0) is 24.3 Å². The first-order valence-corrected chi connectivity index (χ1v) is 6.18. The fourth-order valence-corrected chi connectivity index (χ4v) is 3.00. The predicted octanol–water partition coefficient (Wildman–Crippen LogP) is 3.04. The molecule has 2 atom stereocenters. The Morgan fingerprint density at radius 1 is 1.64 bits per heavy atom. The fraction of sp³-hybridized carbons (Fsp3) is 0.500. The van der Waals surface area contributed by atoms with Gasteiger partial charge in [0.15, 0.2) is 0 Å². The molecule has 1 aliphatic heterocycles. The first-order valence-electron chi connectivity index (χ1n) is 4.75. The van der Waals surface area contributed by atoms with Gasteiger partial charge in [0, 0.05) is 23.2 Å². The summed E-state index contributed by atoms with van der Waals surface area (Å²) in [5.41, 5.74) is 1.07. The molecule has 0 amide bonds. The summed E-state index contributed by atoms with van der Waals surface area (Å²) in [6, 6.07) is 4.40. The highest BCUT2D eigenvalue weighted by molar-refractivity contribution is 8.00. The third kappa shape index (κ3) is 2.34. The SMILES string of the molecule is CC1SCCC1Nc1ccnc(Cl)c1. The summed E-state index contributed by atoms with van der Waals surface area (Å²) in [5, 5.41) is 4.72. The number of hydrogen-bond donors (Lipinski definition) is 1. The van der Waals surface area contributed by atoms with Crippen LogP contribution < -0.4 is 5.32 Å². The lowest BCUT2D eigenvalue weighted by Crippen LogP contribution is -2.24. The van der Waals surface area contributed by atoms with Crippen LogP contribution in [0, 0.1) is 0 Å². The van der Waals surface area contributed by atoms with Gasteiger partial charge in [-0.1, -0.05) is 18.5 Å². The molecule has 1 saturated heterocycles. The molecular formula is C10H13ClN2S. The van der Waals surface area contributed by atoms with Gasteiger partial charge in [-0.3, -0.25) is 0 Å². The van der Waals surface area contributed by atoms with Crippen molar-refractivity contribution < 1.29 is 0 Å². The van der Waals surface area contributed by atoms with Gasteiger partial charge in [0.1, 0.15) is 5.15 Å². The van der Waals surface area contributed by atoms with E-state index in [4.69, 9.17) is 11.6 Å². The molecule has 1 fully saturated rings. The molecule has 1 N–H and O–H groups in total. The van der Waals surface area contributed by atoms with Crippen molar-refractivity contribution in [2.24, 2.45) is 0 Å². The number of nitrogens with zero attached hydrogens (tertiary/aromatic N) is 1. The van der Waals surface area contributed by atoms with Gasteiger partial charge in [0.25, 0.3) is 0 Å². The summed E-state index contributed by atoms with van der Waals surface area (Å²) in [7, 11) is 0. The Kier molecular flexibility index (Phi) is 3.19. The number of hydrogen-bond acceptors (Lipinski definition) is 3. The summed E-state index contributed by atoms with van der Waals surface area (Å²) < 4.78 is 0. The van der Waals surface area contributed by atoms with Gasteiger partial charge in [0.05, 0.1) is 0 Å². The largest absolute Gasteiger partial charge is 0.381 e. The highest BCUT2D eigenvalue weighted by atomic mass is 35.5. The Hall–Kier alpha value is -0.410. The highest BCUT2D eigenvalue weighted by Gasteiger charge is 2.23. The molecule has 1 aromatic heterocycles. The number of rotatable bonds is 2. The Balaban J connectivity index is 2.03. The average Bonchev–Trinajstić information content (AvgIpc) is 2.52. The van der Waals surface area contributed by atoms with Crippen LogP contribution in [0.4, 0.5) is 5.69 Å². The number of nitrogens with one attached hydrogen (secondary N) is 1. The second kappa shape index (κ2) is 4.41. The molecule has 0 radical (unpaired) electrons.